The van der Waals surface area contributed by atoms with E-state index in [0.29, 0.717) is 12.5 Å². The Hall–Kier alpha value is -2.16. The van der Waals surface area contributed by atoms with Gasteiger partial charge in [-0.1, -0.05) is 42.5 Å². The van der Waals surface area contributed by atoms with Crippen LogP contribution in [-0.2, 0) is 6.61 Å². The number of allylic oxidation sites excluding steroid dienone is 1. The molecule has 2 rings (SSSR count). The minimum Gasteiger partial charge on any atom is -0.473 e. The SMILES string of the molecule is C/C=C/c1ccc(COc2cccc(F)n2)cc1. The molecular formula is C15H14FNO. The summed E-state index contributed by atoms with van der Waals surface area (Å²) in [4.78, 5) is 3.64. The molecule has 1 heterocycles. The molecule has 3 heteroatoms. The maximum absolute atomic E-state index is 12.8. The van der Waals surface area contributed by atoms with Gasteiger partial charge in [0.2, 0.25) is 11.8 Å². The highest BCUT2D eigenvalue weighted by Gasteiger charge is 1.98. The Kier molecular flexibility index (Phi) is 4.07. The van der Waals surface area contributed by atoms with Gasteiger partial charge in [-0.05, 0) is 24.1 Å². The molecule has 2 aromatic rings. The second-order valence-electron chi connectivity index (χ2n) is 3.83. The second-order valence-corrected chi connectivity index (χ2v) is 3.83. The average Bonchev–Trinajstić information content (AvgIpc) is 2.38. The highest BCUT2D eigenvalue weighted by atomic mass is 19.1. The van der Waals surface area contributed by atoms with Crippen LogP contribution < -0.4 is 4.74 Å². The van der Waals surface area contributed by atoms with Gasteiger partial charge in [0.15, 0.2) is 0 Å². The maximum atomic E-state index is 12.8. The molecule has 92 valence electrons. The van der Waals surface area contributed by atoms with Crippen LogP contribution in [0.4, 0.5) is 4.39 Å². The minimum atomic E-state index is -0.532. The molecule has 0 amide bonds. The fraction of sp³-hybridized carbons (Fsp3) is 0.133. The second kappa shape index (κ2) is 5.96. The first-order chi connectivity index (χ1) is 8.78. The van der Waals surface area contributed by atoms with Gasteiger partial charge in [-0.15, -0.1) is 0 Å². The lowest BCUT2D eigenvalue weighted by Gasteiger charge is -2.05. The van der Waals surface area contributed by atoms with E-state index >= 15 is 0 Å². The molecule has 0 unspecified atom stereocenters. The lowest BCUT2D eigenvalue weighted by atomic mass is 10.1. The van der Waals surface area contributed by atoms with Crippen LogP contribution in [-0.4, -0.2) is 4.98 Å². The number of hydrogen-bond donors (Lipinski definition) is 0. The molecule has 0 radical (unpaired) electrons. The normalized spacial score (nSPS) is 10.8. The molecule has 0 fully saturated rings. The van der Waals surface area contributed by atoms with Crippen molar-refractivity contribution in [2.45, 2.75) is 13.5 Å². The number of pyridine rings is 1. The van der Waals surface area contributed by atoms with Crippen LogP contribution in [0.25, 0.3) is 6.08 Å². The van der Waals surface area contributed by atoms with Gasteiger partial charge < -0.3 is 4.74 Å². The third-order valence-corrected chi connectivity index (χ3v) is 2.42. The summed E-state index contributed by atoms with van der Waals surface area (Å²) in [5.41, 5.74) is 2.17. The fourth-order valence-electron chi connectivity index (χ4n) is 1.54. The molecule has 1 aromatic carbocycles. The van der Waals surface area contributed by atoms with E-state index in [4.69, 9.17) is 4.74 Å². The molecule has 0 aliphatic carbocycles. The van der Waals surface area contributed by atoms with Crippen molar-refractivity contribution in [2.24, 2.45) is 0 Å². The molecular weight excluding hydrogens is 229 g/mol. The predicted octanol–water partition coefficient (Wildman–Crippen LogP) is 3.83. The lowest BCUT2D eigenvalue weighted by molar-refractivity contribution is 0.289. The van der Waals surface area contributed by atoms with Gasteiger partial charge in [-0.3, -0.25) is 0 Å². The van der Waals surface area contributed by atoms with Gasteiger partial charge in [0, 0.05) is 6.07 Å². The minimum absolute atomic E-state index is 0.299. The Morgan fingerprint density at radius 1 is 1.17 bits per heavy atom. The van der Waals surface area contributed by atoms with Gasteiger partial charge >= 0.3 is 0 Å². The lowest BCUT2D eigenvalue weighted by Crippen LogP contribution is -1.97. The zero-order valence-electron chi connectivity index (χ0n) is 10.1. The first kappa shape index (κ1) is 12.3. The van der Waals surface area contributed by atoms with E-state index in [-0.39, 0.29) is 0 Å². The third-order valence-electron chi connectivity index (χ3n) is 2.42. The molecule has 0 N–H and O–H groups in total. The van der Waals surface area contributed by atoms with E-state index < -0.39 is 5.95 Å². The summed E-state index contributed by atoms with van der Waals surface area (Å²) in [6.07, 6.45) is 4.01. The van der Waals surface area contributed by atoms with Crippen LogP contribution in [0.2, 0.25) is 0 Å². The predicted molar refractivity (Wildman–Crippen MR) is 69.7 cm³/mol. The van der Waals surface area contributed by atoms with E-state index in [0.717, 1.165) is 11.1 Å². The van der Waals surface area contributed by atoms with E-state index in [1.807, 2.05) is 43.3 Å². The van der Waals surface area contributed by atoms with Crippen molar-refractivity contribution >= 4 is 6.08 Å². The van der Waals surface area contributed by atoms with Crippen molar-refractivity contribution in [3.8, 4) is 5.88 Å². The summed E-state index contributed by atoms with van der Waals surface area (Å²) in [6.45, 7) is 2.36. The van der Waals surface area contributed by atoms with Crippen molar-refractivity contribution in [1.29, 1.82) is 0 Å². The first-order valence-corrected chi connectivity index (χ1v) is 5.75. The Morgan fingerprint density at radius 2 is 1.94 bits per heavy atom. The van der Waals surface area contributed by atoms with Gasteiger partial charge in [-0.2, -0.15) is 9.37 Å². The molecule has 0 saturated heterocycles. The number of benzene rings is 1. The number of rotatable bonds is 4. The van der Waals surface area contributed by atoms with Crippen LogP contribution in [0.15, 0.2) is 48.5 Å². The molecule has 0 aliphatic heterocycles. The summed E-state index contributed by atoms with van der Waals surface area (Å²) in [5, 5.41) is 0. The van der Waals surface area contributed by atoms with Crippen LogP contribution in [0.3, 0.4) is 0 Å². The molecule has 0 spiro atoms. The molecule has 18 heavy (non-hydrogen) atoms. The van der Waals surface area contributed by atoms with Gasteiger partial charge in [0.1, 0.15) is 6.61 Å². The topological polar surface area (TPSA) is 22.1 Å². The Labute approximate surface area is 106 Å². The number of aromatic nitrogens is 1. The van der Waals surface area contributed by atoms with Gasteiger partial charge in [0.05, 0.1) is 0 Å². The summed E-state index contributed by atoms with van der Waals surface area (Å²) in [6, 6.07) is 12.5. The third kappa shape index (κ3) is 3.42. The zero-order chi connectivity index (χ0) is 12.8. The average molecular weight is 243 g/mol. The monoisotopic (exact) mass is 243 g/mol. The van der Waals surface area contributed by atoms with E-state index in [9.17, 15) is 4.39 Å². The van der Waals surface area contributed by atoms with E-state index in [1.165, 1.54) is 6.07 Å². The zero-order valence-corrected chi connectivity index (χ0v) is 10.1. The highest BCUT2D eigenvalue weighted by molar-refractivity contribution is 5.49. The first-order valence-electron chi connectivity index (χ1n) is 5.75. The molecule has 0 bridgehead atoms. The number of hydrogen-bond acceptors (Lipinski definition) is 2. The summed E-state index contributed by atoms with van der Waals surface area (Å²) in [7, 11) is 0. The van der Waals surface area contributed by atoms with Crippen molar-refractivity contribution < 1.29 is 9.13 Å². The van der Waals surface area contributed by atoms with Crippen molar-refractivity contribution in [1.82, 2.24) is 4.98 Å². The molecule has 0 saturated carbocycles. The molecule has 0 atom stereocenters. The quantitative estimate of drug-likeness (QED) is 0.761. The van der Waals surface area contributed by atoms with E-state index in [1.54, 1.807) is 12.1 Å². The molecule has 1 aromatic heterocycles. The Balaban J connectivity index is 1.98. The smallest absolute Gasteiger partial charge is 0.216 e. The number of ether oxygens (including phenoxy) is 1. The number of halogens is 1. The van der Waals surface area contributed by atoms with Crippen LogP contribution in [0, 0.1) is 5.95 Å². The molecule has 2 nitrogen and oxygen atoms in total. The van der Waals surface area contributed by atoms with Crippen LogP contribution in [0.5, 0.6) is 5.88 Å². The Morgan fingerprint density at radius 3 is 2.61 bits per heavy atom. The summed E-state index contributed by atoms with van der Waals surface area (Å²) in [5.74, 6) is -0.233. The standard InChI is InChI=1S/C15H14FNO/c1-2-4-12-7-9-13(10-8-12)11-18-15-6-3-5-14(16)17-15/h2-10H,11H2,1H3/b4-2+. The van der Waals surface area contributed by atoms with E-state index in [2.05, 4.69) is 4.98 Å². The Bertz CT molecular complexity index is 534. The van der Waals surface area contributed by atoms with Crippen molar-refractivity contribution in [3.63, 3.8) is 0 Å². The largest absolute Gasteiger partial charge is 0.473 e. The van der Waals surface area contributed by atoms with Gasteiger partial charge in [0.25, 0.3) is 0 Å². The fourth-order valence-corrected chi connectivity index (χ4v) is 1.54. The van der Waals surface area contributed by atoms with Crippen molar-refractivity contribution in [2.75, 3.05) is 0 Å². The van der Waals surface area contributed by atoms with Crippen LogP contribution in [0.1, 0.15) is 18.1 Å². The highest BCUT2D eigenvalue weighted by Crippen LogP contribution is 2.11. The summed E-state index contributed by atoms with van der Waals surface area (Å²) >= 11 is 0. The molecule has 0 aliphatic rings. The number of nitrogens with zero attached hydrogens (tertiary/aromatic N) is 1. The van der Waals surface area contributed by atoms with Gasteiger partial charge in [-0.25, -0.2) is 0 Å². The summed E-state index contributed by atoms with van der Waals surface area (Å²) < 4.78 is 18.2. The maximum Gasteiger partial charge on any atom is 0.216 e. The van der Waals surface area contributed by atoms with Crippen LogP contribution >= 0.6 is 0 Å². The van der Waals surface area contributed by atoms with Crippen molar-refractivity contribution in [3.05, 3.63) is 65.6 Å².